The molecule has 3 atom stereocenters. The third-order valence-electron chi connectivity index (χ3n) is 12.5. The Morgan fingerprint density at radius 1 is 0.530 bits per heavy atom. The number of phosphoric ester groups is 1. The number of unbranched alkanes of at least 4 members (excludes halogenated alkanes) is 32. The molecule has 2 N–H and O–H groups in total. The number of hydrogen-bond acceptors (Lipinski definition) is 6. The van der Waals surface area contributed by atoms with Gasteiger partial charge in [0.25, 0.3) is 7.82 Å². The molecule has 1 amide bonds. The molecule has 0 radical (unpaired) electrons. The number of quaternary nitrogens is 1. The van der Waals surface area contributed by atoms with E-state index in [4.69, 9.17) is 9.05 Å². The van der Waals surface area contributed by atoms with Crippen LogP contribution in [0.25, 0.3) is 0 Å². The number of carbonyl (C=O) groups excluding carboxylic acids is 1. The number of rotatable bonds is 51. The van der Waals surface area contributed by atoms with Gasteiger partial charge in [0.15, 0.2) is 0 Å². The van der Waals surface area contributed by atoms with Gasteiger partial charge in [-0.2, -0.15) is 0 Å². The zero-order valence-corrected chi connectivity index (χ0v) is 45.0. The lowest BCUT2D eigenvalue weighted by Gasteiger charge is -2.29. The molecule has 8 nitrogen and oxygen atoms in total. The SMILES string of the molecule is CCCCCCC/C=C\C/C=C\C/C=C\CCCCCCCCCCCCCCCCCCC(=O)NC(COP(=O)([O-])OCC[N+](C)(C)C)C(O)/C=C/CCCCCCCCCCCCC. The topological polar surface area (TPSA) is 108 Å². The summed E-state index contributed by atoms with van der Waals surface area (Å²) in [4.78, 5) is 25.4. The van der Waals surface area contributed by atoms with Crippen LogP contribution in [0.2, 0.25) is 0 Å². The normalized spacial score (nSPS) is 14.3. The molecule has 0 aliphatic rings. The van der Waals surface area contributed by atoms with Gasteiger partial charge in [-0.1, -0.05) is 242 Å². The molecule has 66 heavy (non-hydrogen) atoms. The molecule has 3 unspecified atom stereocenters. The zero-order valence-electron chi connectivity index (χ0n) is 44.1. The number of nitrogens with one attached hydrogen (secondary N) is 1. The van der Waals surface area contributed by atoms with Crippen molar-refractivity contribution in [3.63, 3.8) is 0 Å². The van der Waals surface area contributed by atoms with E-state index < -0.39 is 20.0 Å². The van der Waals surface area contributed by atoms with Gasteiger partial charge in [-0.15, -0.1) is 0 Å². The molecule has 0 saturated carbocycles. The van der Waals surface area contributed by atoms with Crippen molar-refractivity contribution >= 4 is 13.7 Å². The van der Waals surface area contributed by atoms with Crippen molar-refractivity contribution in [3.8, 4) is 0 Å². The molecule has 0 aromatic carbocycles. The average Bonchev–Trinajstić information content (AvgIpc) is 3.28. The summed E-state index contributed by atoms with van der Waals surface area (Å²) in [6, 6.07) is -0.886. The van der Waals surface area contributed by atoms with Crippen molar-refractivity contribution in [2.24, 2.45) is 0 Å². The van der Waals surface area contributed by atoms with Crippen LogP contribution in [-0.2, 0) is 18.4 Å². The van der Waals surface area contributed by atoms with Crippen LogP contribution in [0.5, 0.6) is 0 Å². The molecular formula is C57H109N2O6P. The molecule has 0 heterocycles. The summed E-state index contributed by atoms with van der Waals surface area (Å²) in [5.41, 5.74) is 0. The van der Waals surface area contributed by atoms with Gasteiger partial charge in [-0.25, -0.2) is 0 Å². The predicted octanol–water partition coefficient (Wildman–Crippen LogP) is 16.1. The number of nitrogens with zero attached hydrogens (tertiary/aromatic N) is 1. The first-order chi connectivity index (χ1) is 32.0. The summed E-state index contributed by atoms with van der Waals surface area (Å²) in [5.74, 6) is -0.197. The minimum absolute atomic E-state index is 0.000892. The maximum atomic E-state index is 12.9. The monoisotopic (exact) mass is 949 g/mol. The molecule has 0 aliphatic heterocycles. The fourth-order valence-corrected chi connectivity index (χ4v) is 8.83. The Hall–Kier alpha value is -1.54. The number of carbonyl (C=O) groups is 1. The lowest BCUT2D eigenvalue weighted by Crippen LogP contribution is -2.45. The third-order valence-corrected chi connectivity index (χ3v) is 13.5. The summed E-state index contributed by atoms with van der Waals surface area (Å²) in [6.07, 6.45) is 63.3. The van der Waals surface area contributed by atoms with Gasteiger partial charge in [0.2, 0.25) is 5.91 Å². The Balaban J connectivity index is 4.07. The third kappa shape index (κ3) is 50.3. The van der Waals surface area contributed by atoms with Crippen molar-refractivity contribution in [1.82, 2.24) is 5.32 Å². The van der Waals surface area contributed by atoms with Gasteiger partial charge in [0, 0.05) is 6.42 Å². The first-order valence-electron chi connectivity index (χ1n) is 28.0. The van der Waals surface area contributed by atoms with Gasteiger partial charge in [0.1, 0.15) is 13.2 Å². The second-order valence-electron chi connectivity index (χ2n) is 20.3. The second-order valence-corrected chi connectivity index (χ2v) is 21.7. The number of aliphatic hydroxyl groups is 1. The van der Waals surface area contributed by atoms with E-state index in [-0.39, 0.29) is 19.1 Å². The van der Waals surface area contributed by atoms with Crippen molar-refractivity contribution in [2.75, 3.05) is 40.9 Å². The van der Waals surface area contributed by atoms with Gasteiger partial charge in [-0.3, -0.25) is 9.36 Å². The summed E-state index contributed by atoms with van der Waals surface area (Å²) >= 11 is 0. The van der Waals surface area contributed by atoms with Gasteiger partial charge < -0.3 is 28.8 Å². The van der Waals surface area contributed by atoms with Gasteiger partial charge >= 0.3 is 0 Å². The highest BCUT2D eigenvalue weighted by Gasteiger charge is 2.23. The standard InChI is InChI=1S/C57H109N2O6P/c1-6-8-10-12-14-16-18-20-21-22-23-24-25-26-27-28-29-30-31-32-33-34-35-36-37-39-41-43-45-47-49-51-57(61)58-55(54-65-66(62,63)64-53-52-59(3,4)5)56(60)50-48-46-44-42-40-38-19-17-15-13-11-9-7-2/h18,20,22-23,25-26,48,50,55-56,60H,6-17,19,21,24,27-47,49,51-54H2,1-5H3,(H-,58,61,62,63)/b20-18-,23-22-,26-25-,50-48+. The minimum Gasteiger partial charge on any atom is -0.756 e. The molecule has 0 saturated heterocycles. The van der Waals surface area contributed by atoms with Crippen molar-refractivity contribution in [1.29, 1.82) is 0 Å². The van der Waals surface area contributed by atoms with Crippen LogP contribution in [0.3, 0.4) is 0 Å². The maximum Gasteiger partial charge on any atom is 0.268 e. The quantitative estimate of drug-likeness (QED) is 0.0272. The largest absolute Gasteiger partial charge is 0.756 e. The number of aliphatic hydroxyl groups excluding tert-OH is 1. The number of allylic oxidation sites excluding steroid dienone is 7. The van der Waals surface area contributed by atoms with Gasteiger partial charge in [-0.05, 0) is 57.8 Å². The average molecular weight is 949 g/mol. The minimum atomic E-state index is -4.59. The van der Waals surface area contributed by atoms with Crippen molar-refractivity contribution in [2.45, 2.75) is 270 Å². The molecule has 0 bridgehead atoms. The van der Waals surface area contributed by atoms with Crippen LogP contribution in [0, 0.1) is 0 Å². The van der Waals surface area contributed by atoms with E-state index in [0.717, 1.165) is 51.4 Å². The van der Waals surface area contributed by atoms with Crippen LogP contribution in [0.1, 0.15) is 258 Å². The molecule has 0 fully saturated rings. The summed E-state index contributed by atoms with van der Waals surface area (Å²) in [5, 5.41) is 13.8. The lowest BCUT2D eigenvalue weighted by atomic mass is 10.0. The Morgan fingerprint density at radius 2 is 0.879 bits per heavy atom. The number of hydrogen-bond donors (Lipinski definition) is 2. The molecule has 0 spiro atoms. The van der Waals surface area contributed by atoms with Crippen LogP contribution in [-0.4, -0.2) is 68.5 Å². The van der Waals surface area contributed by atoms with Crippen LogP contribution >= 0.6 is 7.82 Å². The number of likely N-dealkylation sites (N-methyl/N-ethyl adjacent to an activating group) is 1. The summed E-state index contributed by atoms with van der Waals surface area (Å²) in [7, 11) is 1.26. The van der Waals surface area contributed by atoms with Gasteiger partial charge in [0.05, 0.1) is 39.9 Å². The molecular weight excluding hydrogens is 840 g/mol. The van der Waals surface area contributed by atoms with Crippen LogP contribution in [0.15, 0.2) is 48.6 Å². The Kier molecular flexibility index (Phi) is 47.4. The number of phosphoric acid groups is 1. The molecule has 0 rings (SSSR count). The smallest absolute Gasteiger partial charge is 0.268 e. The Labute approximate surface area is 409 Å². The molecule has 0 aromatic rings. The highest BCUT2D eigenvalue weighted by Crippen LogP contribution is 2.38. The van der Waals surface area contributed by atoms with E-state index in [2.05, 4.69) is 55.6 Å². The van der Waals surface area contributed by atoms with E-state index in [9.17, 15) is 19.4 Å². The number of amides is 1. The van der Waals surface area contributed by atoms with E-state index in [1.165, 1.54) is 186 Å². The molecule has 0 aliphatic carbocycles. The summed E-state index contributed by atoms with van der Waals surface area (Å²) < 4.78 is 23.3. The first kappa shape index (κ1) is 64.5. The fraction of sp³-hybridized carbons (Fsp3) is 0.842. The Bertz CT molecular complexity index is 1210. The first-order valence-corrected chi connectivity index (χ1v) is 29.5. The van der Waals surface area contributed by atoms with E-state index in [0.29, 0.717) is 17.4 Å². The van der Waals surface area contributed by atoms with E-state index >= 15 is 0 Å². The van der Waals surface area contributed by atoms with Crippen molar-refractivity contribution < 1.29 is 32.9 Å². The second kappa shape index (κ2) is 48.5. The van der Waals surface area contributed by atoms with E-state index in [1.807, 2.05) is 27.2 Å². The molecule has 388 valence electrons. The fourth-order valence-electron chi connectivity index (χ4n) is 8.10. The zero-order chi connectivity index (χ0) is 48.5. The van der Waals surface area contributed by atoms with Crippen LogP contribution < -0.4 is 10.2 Å². The predicted molar refractivity (Wildman–Crippen MR) is 284 cm³/mol. The Morgan fingerprint density at radius 3 is 1.27 bits per heavy atom. The molecule has 0 aromatic heterocycles. The van der Waals surface area contributed by atoms with Crippen molar-refractivity contribution in [3.05, 3.63) is 48.6 Å². The molecule has 9 heteroatoms. The maximum absolute atomic E-state index is 12.9. The highest BCUT2D eigenvalue weighted by atomic mass is 31.2. The van der Waals surface area contributed by atoms with Crippen LogP contribution in [0.4, 0.5) is 0 Å². The van der Waals surface area contributed by atoms with E-state index in [1.54, 1.807) is 6.08 Å². The highest BCUT2D eigenvalue weighted by molar-refractivity contribution is 7.45. The lowest BCUT2D eigenvalue weighted by molar-refractivity contribution is -0.870. The summed E-state index contributed by atoms with van der Waals surface area (Å²) in [6.45, 7) is 4.64.